The summed E-state index contributed by atoms with van der Waals surface area (Å²) >= 11 is 0. The summed E-state index contributed by atoms with van der Waals surface area (Å²) in [5, 5.41) is 3.09. The zero-order valence-corrected chi connectivity index (χ0v) is 14.4. The van der Waals surface area contributed by atoms with Crippen molar-refractivity contribution in [3.63, 3.8) is 0 Å². The Balaban J connectivity index is 1.42. The van der Waals surface area contributed by atoms with Gasteiger partial charge in [0.2, 0.25) is 5.91 Å². The number of nitrogens with zero attached hydrogens (tertiary/aromatic N) is 4. The molecule has 0 radical (unpaired) electrons. The minimum absolute atomic E-state index is 0.0119. The second-order valence-electron chi connectivity index (χ2n) is 6.91. The number of hydrogen-bond donors (Lipinski definition) is 1. The number of amides is 3. The Bertz CT molecular complexity index is 545. The van der Waals surface area contributed by atoms with Crippen molar-refractivity contribution in [2.75, 3.05) is 26.2 Å². The monoisotopic (exact) mass is 333 g/mol. The first-order valence-corrected chi connectivity index (χ1v) is 8.93. The fourth-order valence-electron chi connectivity index (χ4n) is 3.56. The van der Waals surface area contributed by atoms with E-state index in [-0.39, 0.29) is 23.9 Å². The third kappa shape index (κ3) is 4.07. The van der Waals surface area contributed by atoms with Gasteiger partial charge in [0.15, 0.2) is 0 Å². The Hall–Kier alpha value is -2.05. The number of nitrogens with one attached hydrogen (secondary N) is 1. The van der Waals surface area contributed by atoms with Gasteiger partial charge in [0.25, 0.3) is 0 Å². The number of carbonyl (C=O) groups excluding carboxylic acids is 2. The molecule has 2 saturated heterocycles. The van der Waals surface area contributed by atoms with Gasteiger partial charge in [0.05, 0.1) is 6.33 Å². The lowest BCUT2D eigenvalue weighted by Crippen LogP contribution is -2.48. The van der Waals surface area contributed by atoms with Gasteiger partial charge < -0.3 is 19.7 Å². The average molecular weight is 333 g/mol. The molecular weight excluding hydrogens is 306 g/mol. The van der Waals surface area contributed by atoms with Crippen molar-refractivity contribution in [3.8, 4) is 0 Å². The summed E-state index contributed by atoms with van der Waals surface area (Å²) in [4.78, 5) is 32.7. The van der Waals surface area contributed by atoms with E-state index in [1.807, 2.05) is 27.5 Å². The molecule has 0 aromatic carbocycles. The second kappa shape index (κ2) is 7.68. The molecular formula is C17H27N5O2. The average Bonchev–Trinajstić information content (AvgIpc) is 3.27. The predicted molar refractivity (Wildman–Crippen MR) is 90.3 cm³/mol. The van der Waals surface area contributed by atoms with Crippen molar-refractivity contribution in [3.05, 3.63) is 18.7 Å². The maximum Gasteiger partial charge on any atom is 0.319 e. The van der Waals surface area contributed by atoms with E-state index in [1.54, 1.807) is 12.5 Å². The number of urea groups is 1. The highest BCUT2D eigenvalue weighted by Crippen LogP contribution is 2.20. The van der Waals surface area contributed by atoms with Crippen molar-refractivity contribution in [2.45, 2.75) is 45.2 Å². The summed E-state index contributed by atoms with van der Waals surface area (Å²) in [6.45, 7) is 5.85. The van der Waals surface area contributed by atoms with Crippen LogP contribution in [0.25, 0.3) is 0 Å². The van der Waals surface area contributed by atoms with E-state index in [0.29, 0.717) is 13.1 Å². The number of imidazole rings is 1. The molecule has 7 nitrogen and oxygen atoms in total. The molecule has 0 bridgehead atoms. The lowest BCUT2D eigenvalue weighted by molar-refractivity contribution is -0.127. The third-order valence-electron chi connectivity index (χ3n) is 4.95. The van der Waals surface area contributed by atoms with Crippen LogP contribution in [-0.4, -0.2) is 63.5 Å². The van der Waals surface area contributed by atoms with Crippen molar-refractivity contribution in [1.29, 1.82) is 0 Å². The normalized spacial score (nSPS) is 20.2. The second-order valence-corrected chi connectivity index (χ2v) is 6.91. The SMILES string of the molecule is C[C@H](Cn1ccnc1)NC(=O)C1CCN(C(=O)N2CCCC2)CC1. The van der Waals surface area contributed by atoms with Gasteiger partial charge in [0.1, 0.15) is 0 Å². The first kappa shape index (κ1) is 16.8. The highest BCUT2D eigenvalue weighted by molar-refractivity contribution is 5.80. The topological polar surface area (TPSA) is 70.5 Å². The van der Waals surface area contributed by atoms with E-state index in [0.717, 1.165) is 45.3 Å². The van der Waals surface area contributed by atoms with Crippen LogP contribution < -0.4 is 5.32 Å². The fourth-order valence-corrected chi connectivity index (χ4v) is 3.56. The fraction of sp³-hybridized carbons (Fsp3) is 0.706. The molecule has 7 heteroatoms. The zero-order valence-electron chi connectivity index (χ0n) is 14.4. The molecule has 132 valence electrons. The van der Waals surface area contributed by atoms with Crippen molar-refractivity contribution in [2.24, 2.45) is 5.92 Å². The molecule has 0 saturated carbocycles. The van der Waals surface area contributed by atoms with Crippen molar-refractivity contribution >= 4 is 11.9 Å². The van der Waals surface area contributed by atoms with Crippen LogP contribution in [0.3, 0.4) is 0 Å². The Morgan fingerprint density at radius 3 is 2.46 bits per heavy atom. The lowest BCUT2D eigenvalue weighted by atomic mass is 9.96. The van der Waals surface area contributed by atoms with Crippen LogP contribution in [0.15, 0.2) is 18.7 Å². The molecule has 24 heavy (non-hydrogen) atoms. The molecule has 0 aliphatic carbocycles. The molecule has 3 amide bonds. The minimum atomic E-state index is 0.0119. The highest BCUT2D eigenvalue weighted by Gasteiger charge is 2.30. The van der Waals surface area contributed by atoms with Gasteiger partial charge >= 0.3 is 6.03 Å². The molecule has 1 N–H and O–H groups in total. The van der Waals surface area contributed by atoms with Gasteiger partial charge in [0, 0.05) is 57.1 Å². The summed E-state index contributed by atoms with van der Waals surface area (Å²) in [5.41, 5.74) is 0. The molecule has 2 aliphatic rings. The van der Waals surface area contributed by atoms with Crippen LogP contribution in [0.5, 0.6) is 0 Å². The van der Waals surface area contributed by atoms with E-state index in [4.69, 9.17) is 0 Å². The Morgan fingerprint density at radius 1 is 1.17 bits per heavy atom. The van der Waals surface area contributed by atoms with E-state index in [1.165, 1.54) is 0 Å². The molecule has 1 atom stereocenters. The molecule has 1 aromatic heterocycles. The molecule has 3 heterocycles. The predicted octanol–water partition coefficient (Wildman–Crippen LogP) is 1.32. The number of likely N-dealkylation sites (tertiary alicyclic amines) is 2. The van der Waals surface area contributed by atoms with Crippen LogP contribution in [-0.2, 0) is 11.3 Å². The molecule has 0 spiro atoms. The number of aromatic nitrogens is 2. The first-order valence-electron chi connectivity index (χ1n) is 8.93. The van der Waals surface area contributed by atoms with Gasteiger partial charge in [-0.25, -0.2) is 9.78 Å². The Kier molecular flexibility index (Phi) is 5.37. The number of rotatable bonds is 4. The molecule has 3 rings (SSSR count). The van der Waals surface area contributed by atoms with Crippen molar-refractivity contribution in [1.82, 2.24) is 24.7 Å². The zero-order chi connectivity index (χ0) is 16.9. The summed E-state index contributed by atoms with van der Waals surface area (Å²) in [5.74, 6) is 0.119. The molecule has 2 aliphatic heterocycles. The maximum absolute atomic E-state index is 12.4. The molecule has 1 aromatic rings. The van der Waals surface area contributed by atoms with E-state index < -0.39 is 0 Å². The Labute approximate surface area is 143 Å². The van der Waals surface area contributed by atoms with Crippen LogP contribution in [0, 0.1) is 5.92 Å². The molecule has 2 fully saturated rings. The number of piperidine rings is 1. The van der Waals surface area contributed by atoms with Crippen LogP contribution in [0.1, 0.15) is 32.6 Å². The van der Waals surface area contributed by atoms with Gasteiger partial charge in [-0.05, 0) is 32.6 Å². The van der Waals surface area contributed by atoms with Gasteiger partial charge in [-0.1, -0.05) is 0 Å². The Morgan fingerprint density at radius 2 is 1.83 bits per heavy atom. The van der Waals surface area contributed by atoms with Gasteiger partial charge in [-0.2, -0.15) is 0 Å². The standard InChI is InChI=1S/C17H27N5O2/c1-14(12-20-11-6-18-13-20)19-16(23)15-4-9-22(10-5-15)17(24)21-7-2-3-8-21/h6,11,13-15H,2-5,7-10,12H2,1H3,(H,19,23)/t14-/m1/s1. The lowest BCUT2D eigenvalue weighted by Gasteiger charge is -2.34. The minimum Gasteiger partial charge on any atom is -0.352 e. The number of hydrogen-bond acceptors (Lipinski definition) is 3. The first-order chi connectivity index (χ1) is 11.6. The summed E-state index contributed by atoms with van der Waals surface area (Å²) in [6, 6.07) is 0.218. The van der Waals surface area contributed by atoms with Crippen LogP contribution >= 0.6 is 0 Å². The summed E-state index contributed by atoms with van der Waals surface area (Å²) in [7, 11) is 0. The van der Waals surface area contributed by atoms with Gasteiger partial charge in [-0.3, -0.25) is 4.79 Å². The summed E-state index contributed by atoms with van der Waals surface area (Å²) in [6.07, 6.45) is 9.11. The van der Waals surface area contributed by atoms with E-state index >= 15 is 0 Å². The largest absolute Gasteiger partial charge is 0.352 e. The molecule has 0 unspecified atom stereocenters. The third-order valence-corrected chi connectivity index (χ3v) is 4.95. The smallest absolute Gasteiger partial charge is 0.319 e. The van der Waals surface area contributed by atoms with E-state index in [9.17, 15) is 9.59 Å². The quantitative estimate of drug-likeness (QED) is 0.903. The number of carbonyl (C=O) groups is 2. The van der Waals surface area contributed by atoms with Gasteiger partial charge in [-0.15, -0.1) is 0 Å². The summed E-state index contributed by atoms with van der Waals surface area (Å²) < 4.78 is 1.96. The maximum atomic E-state index is 12.4. The van der Waals surface area contributed by atoms with Crippen LogP contribution in [0.4, 0.5) is 4.79 Å². The van der Waals surface area contributed by atoms with Crippen LogP contribution in [0.2, 0.25) is 0 Å². The highest BCUT2D eigenvalue weighted by atomic mass is 16.2. The van der Waals surface area contributed by atoms with Crippen molar-refractivity contribution < 1.29 is 9.59 Å². The van der Waals surface area contributed by atoms with E-state index in [2.05, 4.69) is 10.3 Å².